The number of aromatic amines is 1. The summed E-state index contributed by atoms with van der Waals surface area (Å²) >= 11 is 1.89. The van der Waals surface area contributed by atoms with Crippen LogP contribution < -0.4 is 5.56 Å². The molecule has 1 aromatic heterocycles. The van der Waals surface area contributed by atoms with Crippen LogP contribution in [-0.4, -0.2) is 15.7 Å². The molecule has 1 N–H and O–H groups in total. The first-order valence-corrected chi connectivity index (χ1v) is 5.92. The van der Waals surface area contributed by atoms with Crippen LogP contribution in [-0.2, 0) is 0 Å². The first-order chi connectivity index (χ1) is 6.68. The Morgan fingerprint density at radius 1 is 1.50 bits per heavy atom. The minimum Gasteiger partial charge on any atom is -0.309 e. The summed E-state index contributed by atoms with van der Waals surface area (Å²) in [6, 6.07) is 0. The van der Waals surface area contributed by atoms with E-state index in [1.54, 1.807) is 0 Å². The van der Waals surface area contributed by atoms with Crippen molar-refractivity contribution in [1.29, 1.82) is 0 Å². The van der Waals surface area contributed by atoms with E-state index < -0.39 is 0 Å². The number of rotatable bonds is 1. The van der Waals surface area contributed by atoms with Crippen LogP contribution in [0, 0.1) is 13.8 Å². The topological polar surface area (TPSA) is 45.8 Å². The number of thioether (sulfide) groups is 1. The van der Waals surface area contributed by atoms with Gasteiger partial charge >= 0.3 is 0 Å². The molecule has 1 fully saturated rings. The Balaban J connectivity index is 2.39. The van der Waals surface area contributed by atoms with Gasteiger partial charge in [0.2, 0.25) is 0 Å². The van der Waals surface area contributed by atoms with Gasteiger partial charge in [-0.25, -0.2) is 4.98 Å². The van der Waals surface area contributed by atoms with Crippen LogP contribution in [0.4, 0.5) is 0 Å². The second-order valence-electron chi connectivity index (χ2n) is 3.66. The van der Waals surface area contributed by atoms with Gasteiger partial charge in [0.25, 0.3) is 5.56 Å². The molecule has 3 nitrogen and oxygen atoms in total. The SMILES string of the molecule is Cc1nc(C2CCCS2)[nH]c(=O)c1C. The Kier molecular flexibility index (Phi) is 2.63. The predicted molar refractivity (Wildman–Crippen MR) is 58.8 cm³/mol. The van der Waals surface area contributed by atoms with Crippen LogP contribution in [0.1, 0.15) is 35.2 Å². The highest BCUT2D eigenvalue weighted by Crippen LogP contribution is 2.37. The molecule has 2 heterocycles. The summed E-state index contributed by atoms with van der Waals surface area (Å²) in [7, 11) is 0. The molecule has 76 valence electrons. The summed E-state index contributed by atoms with van der Waals surface area (Å²) in [4.78, 5) is 18.8. The first kappa shape index (κ1) is 9.77. The van der Waals surface area contributed by atoms with Crippen molar-refractivity contribution < 1.29 is 0 Å². The molecule has 0 spiro atoms. The minimum atomic E-state index is 0.0139. The van der Waals surface area contributed by atoms with Crippen LogP contribution in [0.5, 0.6) is 0 Å². The lowest BCUT2D eigenvalue weighted by Crippen LogP contribution is -2.17. The lowest BCUT2D eigenvalue weighted by molar-refractivity contribution is 0.761. The van der Waals surface area contributed by atoms with Gasteiger partial charge in [-0.1, -0.05) is 0 Å². The molecule has 0 radical (unpaired) electrons. The van der Waals surface area contributed by atoms with Gasteiger partial charge in [0.05, 0.1) is 5.25 Å². The zero-order valence-corrected chi connectivity index (χ0v) is 9.28. The zero-order valence-electron chi connectivity index (χ0n) is 8.46. The van der Waals surface area contributed by atoms with Crippen molar-refractivity contribution in [1.82, 2.24) is 9.97 Å². The van der Waals surface area contributed by atoms with Crippen molar-refractivity contribution in [2.45, 2.75) is 31.9 Å². The fourth-order valence-corrected chi connectivity index (χ4v) is 2.83. The van der Waals surface area contributed by atoms with E-state index in [0.29, 0.717) is 5.25 Å². The average molecular weight is 210 g/mol. The zero-order chi connectivity index (χ0) is 10.1. The summed E-state index contributed by atoms with van der Waals surface area (Å²) in [6.07, 6.45) is 2.36. The van der Waals surface area contributed by atoms with E-state index in [0.717, 1.165) is 23.5 Å². The smallest absolute Gasteiger partial charge is 0.254 e. The van der Waals surface area contributed by atoms with Crippen LogP contribution in [0.15, 0.2) is 4.79 Å². The predicted octanol–water partition coefficient (Wildman–Crippen LogP) is 1.95. The van der Waals surface area contributed by atoms with Gasteiger partial charge in [0, 0.05) is 11.3 Å². The molecule has 0 saturated carbocycles. The number of nitrogens with zero attached hydrogens (tertiary/aromatic N) is 1. The maximum Gasteiger partial charge on any atom is 0.254 e. The molecule has 1 unspecified atom stereocenters. The van der Waals surface area contributed by atoms with Crippen LogP contribution in [0.3, 0.4) is 0 Å². The molecule has 1 atom stereocenters. The molecule has 0 bridgehead atoms. The van der Waals surface area contributed by atoms with E-state index in [1.807, 2.05) is 25.6 Å². The maximum atomic E-state index is 11.5. The molecule has 2 rings (SSSR count). The van der Waals surface area contributed by atoms with Crippen molar-refractivity contribution in [3.8, 4) is 0 Å². The Morgan fingerprint density at radius 3 is 2.86 bits per heavy atom. The lowest BCUT2D eigenvalue weighted by Gasteiger charge is -2.08. The molecule has 1 aliphatic heterocycles. The second-order valence-corrected chi connectivity index (χ2v) is 4.97. The highest BCUT2D eigenvalue weighted by Gasteiger charge is 2.20. The van der Waals surface area contributed by atoms with E-state index in [-0.39, 0.29) is 5.56 Å². The molecule has 0 aromatic carbocycles. The molecule has 0 aliphatic carbocycles. The molecule has 1 saturated heterocycles. The van der Waals surface area contributed by atoms with Crippen molar-refractivity contribution >= 4 is 11.8 Å². The van der Waals surface area contributed by atoms with E-state index in [2.05, 4.69) is 9.97 Å². The summed E-state index contributed by atoms with van der Waals surface area (Å²) in [5.74, 6) is 2.04. The number of nitrogens with one attached hydrogen (secondary N) is 1. The van der Waals surface area contributed by atoms with Gasteiger partial charge in [0.15, 0.2) is 0 Å². The molecule has 1 aliphatic rings. The Bertz CT molecular complexity index is 394. The summed E-state index contributed by atoms with van der Waals surface area (Å²) in [5.41, 5.74) is 1.60. The third-order valence-electron chi connectivity index (χ3n) is 2.65. The van der Waals surface area contributed by atoms with Gasteiger partial charge < -0.3 is 4.98 Å². The van der Waals surface area contributed by atoms with Gasteiger partial charge in [-0.05, 0) is 32.4 Å². The van der Waals surface area contributed by atoms with Crippen molar-refractivity contribution in [2.24, 2.45) is 0 Å². The van der Waals surface area contributed by atoms with Crippen LogP contribution in [0.2, 0.25) is 0 Å². The number of hydrogen-bond donors (Lipinski definition) is 1. The van der Waals surface area contributed by atoms with Gasteiger partial charge in [-0.2, -0.15) is 11.8 Å². The molecule has 1 aromatic rings. The van der Waals surface area contributed by atoms with Crippen molar-refractivity contribution in [3.05, 3.63) is 27.4 Å². The van der Waals surface area contributed by atoms with E-state index in [9.17, 15) is 4.79 Å². The largest absolute Gasteiger partial charge is 0.309 e. The second kappa shape index (κ2) is 3.77. The first-order valence-electron chi connectivity index (χ1n) is 4.87. The lowest BCUT2D eigenvalue weighted by atomic mass is 10.2. The van der Waals surface area contributed by atoms with E-state index >= 15 is 0 Å². The third kappa shape index (κ3) is 1.71. The standard InChI is InChI=1S/C10H14N2OS/c1-6-7(2)11-9(12-10(6)13)8-4-3-5-14-8/h8H,3-5H2,1-2H3,(H,11,12,13). The Labute approximate surface area is 87.3 Å². The Morgan fingerprint density at radius 2 is 2.29 bits per heavy atom. The van der Waals surface area contributed by atoms with Crippen molar-refractivity contribution in [2.75, 3.05) is 5.75 Å². The fraction of sp³-hybridized carbons (Fsp3) is 0.600. The van der Waals surface area contributed by atoms with Gasteiger partial charge in [0.1, 0.15) is 5.82 Å². The number of aromatic nitrogens is 2. The maximum absolute atomic E-state index is 11.5. The van der Waals surface area contributed by atoms with Gasteiger partial charge in [-0.3, -0.25) is 4.79 Å². The normalized spacial score (nSPS) is 21.4. The van der Waals surface area contributed by atoms with Crippen LogP contribution >= 0.6 is 11.8 Å². The summed E-state index contributed by atoms with van der Waals surface area (Å²) in [5, 5.41) is 0.405. The summed E-state index contributed by atoms with van der Waals surface area (Å²) in [6.45, 7) is 3.71. The number of H-pyrrole nitrogens is 1. The molecular weight excluding hydrogens is 196 g/mol. The third-order valence-corrected chi connectivity index (χ3v) is 4.03. The molecular formula is C10H14N2OS. The fourth-order valence-electron chi connectivity index (χ4n) is 1.61. The summed E-state index contributed by atoms with van der Waals surface area (Å²) < 4.78 is 0. The number of aryl methyl sites for hydroxylation is 1. The van der Waals surface area contributed by atoms with Gasteiger partial charge in [-0.15, -0.1) is 0 Å². The highest BCUT2D eigenvalue weighted by molar-refractivity contribution is 7.99. The Hall–Kier alpha value is -0.770. The molecule has 0 amide bonds. The van der Waals surface area contributed by atoms with E-state index in [1.165, 1.54) is 12.2 Å². The van der Waals surface area contributed by atoms with Crippen molar-refractivity contribution in [3.63, 3.8) is 0 Å². The highest BCUT2D eigenvalue weighted by atomic mass is 32.2. The monoisotopic (exact) mass is 210 g/mol. The number of hydrogen-bond acceptors (Lipinski definition) is 3. The minimum absolute atomic E-state index is 0.0139. The average Bonchev–Trinajstić information content (AvgIpc) is 2.66. The van der Waals surface area contributed by atoms with E-state index in [4.69, 9.17) is 0 Å². The molecule has 14 heavy (non-hydrogen) atoms. The van der Waals surface area contributed by atoms with Crippen LogP contribution in [0.25, 0.3) is 0 Å². The quantitative estimate of drug-likeness (QED) is 0.770. The molecule has 4 heteroatoms.